The van der Waals surface area contributed by atoms with Gasteiger partial charge in [0.05, 0.1) is 0 Å². The van der Waals surface area contributed by atoms with E-state index in [-0.39, 0.29) is 5.97 Å². The Balaban J connectivity index is 2.12. The summed E-state index contributed by atoms with van der Waals surface area (Å²) in [5, 5.41) is 0. The molecule has 2 aromatic carbocycles. The Labute approximate surface area is 193 Å². The van der Waals surface area contributed by atoms with Crippen molar-refractivity contribution in [2.75, 3.05) is 40.2 Å². The molecule has 0 atom stereocenters. The summed E-state index contributed by atoms with van der Waals surface area (Å²) < 4.78 is 10.2. The molecule has 164 valence electrons. The summed E-state index contributed by atoms with van der Waals surface area (Å²) in [7, 11) is 9.77. The second kappa shape index (κ2) is 8.25. The first-order valence-electron chi connectivity index (χ1n) is 10.9. The third-order valence-corrected chi connectivity index (χ3v) is 13.9. The molecular formula is C27H31GeN2O2+. The zero-order valence-corrected chi connectivity index (χ0v) is 22.1. The van der Waals surface area contributed by atoms with Crippen LogP contribution in [0.3, 0.4) is 0 Å². The molecule has 0 fully saturated rings. The number of hydrogen-bond acceptors (Lipinski definition) is 3. The Hall–Kier alpha value is -2.86. The summed E-state index contributed by atoms with van der Waals surface area (Å²) in [6.45, 7) is 0. The minimum atomic E-state index is -2.64. The van der Waals surface area contributed by atoms with Gasteiger partial charge in [-0.15, -0.1) is 0 Å². The van der Waals surface area contributed by atoms with Gasteiger partial charge in [-0.3, -0.25) is 0 Å². The second-order valence-electron chi connectivity index (χ2n) is 9.29. The zero-order chi connectivity index (χ0) is 23.2. The Morgan fingerprint density at radius 2 is 1.72 bits per heavy atom. The molecule has 0 bridgehead atoms. The summed E-state index contributed by atoms with van der Waals surface area (Å²) in [6.07, 6.45) is 6.78. The van der Waals surface area contributed by atoms with Crippen molar-refractivity contribution in [1.29, 1.82) is 0 Å². The number of carbonyl (C=O) groups excluding carboxylic acids is 1. The van der Waals surface area contributed by atoms with E-state index < -0.39 is 13.3 Å². The van der Waals surface area contributed by atoms with E-state index in [9.17, 15) is 4.79 Å². The van der Waals surface area contributed by atoms with E-state index in [1.54, 1.807) is 0 Å². The number of ether oxygens (including phenoxy) is 1. The average Bonchev–Trinajstić information content (AvgIpc) is 2.78. The SMILES string of the molecule is COC(=O)c1ccccc1C1=C2C=CC(=[N+](C)C)C=[C]2[Ge]([CH3])([CH3])[c]2cc(N(C)C)ccc21. The van der Waals surface area contributed by atoms with E-state index in [1.807, 2.05) is 24.3 Å². The van der Waals surface area contributed by atoms with Gasteiger partial charge in [-0.05, 0) is 0 Å². The van der Waals surface area contributed by atoms with Gasteiger partial charge in [0, 0.05) is 0 Å². The van der Waals surface area contributed by atoms with Gasteiger partial charge in [-0.1, -0.05) is 0 Å². The Morgan fingerprint density at radius 1 is 1.00 bits per heavy atom. The van der Waals surface area contributed by atoms with Crippen LogP contribution in [0.4, 0.5) is 5.69 Å². The molecular weight excluding hydrogens is 457 g/mol. The number of allylic oxidation sites excluding steroid dienone is 5. The van der Waals surface area contributed by atoms with Crippen LogP contribution in [0.2, 0.25) is 11.5 Å². The van der Waals surface area contributed by atoms with Crippen LogP contribution in [0.5, 0.6) is 0 Å². The Bertz CT molecular complexity index is 1240. The minimum absolute atomic E-state index is 0.308. The summed E-state index contributed by atoms with van der Waals surface area (Å²) in [5.74, 6) is 4.64. The molecule has 5 heteroatoms. The van der Waals surface area contributed by atoms with Crippen molar-refractivity contribution in [2.24, 2.45) is 0 Å². The van der Waals surface area contributed by atoms with Crippen LogP contribution in [0.25, 0.3) is 5.57 Å². The topological polar surface area (TPSA) is 32.6 Å². The van der Waals surface area contributed by atoms with Gasteiger partial charge in [-0.25, -0.2) is 0 Å². The number of rotatable bonds is 3. The molecule has 4 rings (SSSR count). The molecule has 0 saturated carbocycles. The first kappa shape index (κ1) is 22.3. The van der Waals surface area contributed by atoms with Gasteiger partial charge in [0.25, 0.3) is 0 Å². The van der Waals surface area contributed by atoms with E-state index in [1.165, 1.54) is 38.4 Å². The van der Waals surface area contributed by atoms with E-state index in [2.05, 4.69) is 85.6 Å². The third kappa shape index (κ3) is 3.56. The van der Waals surface area contributed by atoms with Crippen LogP contribution >= 0.6 is 0 Å². The van der Waals surface area contributed by atoms with E-state index in [0.29, 0.717) is 5.56 Å². The Morgan fingerprint density at radius 3 is 2.38 bits per heavy atom. The molecule has 32 heavy (non-hydrogen) atoms. The maximum atomic E-state index is 12.7. The van der Waals surface area contributed by atoms with Crippen LogP contribution in [-0.4, -0.2) is 64.8 Å². The molecule has 2 aliphatic rings. The monoisotopic (exact) mass is 489 g/mol. The van der Waals surface area contributed by atoms with Gasteiger partial charge in [0.2, 0.25) is 0 Å². The number of nitrogens with zero attached hydrogens (tertiary/aromatic N) is 2. The number of hydrogen-bond donors (Lipinski definition) is 0. The molecule has 1 aliphatic heterocycles. The number of benzene rings is 2. The van der Waals surface area contributed by atoms with Gasteiger partial charge >= 0.3 is 194 Å². The van der Waals surface area contributed by atoms with Crippen LogP contribution in [0, 0.1) is 0 Å². The van der Waals surface area contributed by atoms with Crippen LogP contribution < -0.4 is 9.30 Å². The first-order valence-corrected chi connectivity index (χ1v) is 17.2. The van der Waals surface area contributed by atoms with Crippen molar-refractivity contribution >= 4 is 40.6 Å². The molecule has 0 N–H and O–H groups in total. The molecule has 0 radical (unpaired) electrons. The number of esters is 1. The molecule has 0 aromatic heterocycles. The summed E-state index contributed by atoms with van der Waals surface area (Å²) >= 11 is -2.64. The van der Waals surface area contributed by atoms with Crippen LogP contribution in [0.15, 0.2) is 70.7 Å². The van der Waals surface area contributed by atoms with Crippen molar-refractivity contribution in [3.05, 3.63) is 87.4 Å². The predicted octanol–water partition coefficient (Wildman–Crippen LogP) is 4.02. The van der Waals surface area contributed by atoms with Gasteiger partial charge in [0.15, 0.2) is 0 Å². The maximum absolute atomic E-state index is 12.7. The zero-order valence-electron chi connectivity index (χ0n) is 20.0. The average molecular weight is 488 g/mol. The Kier molecular flexibility index (Phi) is 5.76. The number of carbonyl (C=O) groups is 1. The fraction of sp³-hybridized carbons (Fsp3) is 0.259. The summed E-state index contributed by atoms with van der Waals surface area (Å²) in [6, 6.07) is 14.6. The van der Waals surface area contributed by atoms with Crippen LogP contribution in [-0.2, 0) is 4.74 Å². The van der Waals surface area contributed by atoms with Crippen molar-refractivity contribution < 1.29 is 14.1 Å². The van der Waals surface area contributed by atoms with Crippen LogP contribution in [0.1, 0.15) is 21.5 Å². The second-order valence-corrected chi connectivity index (χ2v) is 18.4. The summed E-state index contributed by atoms with van der Waals surface area (Å²) in [4.78, 5) is 14.8. The number of fused-ring (bicyclic) bond motifs is 2. The van der Waals surface area contributed by atoms with Gasteiger partial charge in [-0.2, -0.15) is 0 Å². The van der Waals surface area contributed by atoms with E-state index >= 15 is 0 Å². The van der Waals surface area contributed by atoms with E-state index in [4.69, 9.17) is 4.74 Å². The summed E-state index contributed by atoms with van der Waals surface area (Å²) in [5.41, 5.74) is 7.53. The number of anilines is 1. The standard InChI is InChI=1S/C27H31GeN2O2/c1-28(2)24-16-18(29(3)4)12-14-22(24)26(20-10-8-9-11-21(20)27(31)32-7)23-15-13-19(30(5)6)17-25(23)28/h8-17H,1-7H3/q+1. The molecule has 0 unspecified atom stereocenters. The third-order valence-electron chi connectivity index (χ3n) is 6.53. The normalized spacial score (nSPS) is 16.2. The molecule has 1 heterocycles. The molecule has 0 amide bonds. The fourth-order valence-corrected chi connectivity index (χ4v) is 11.1. The molecule has 1 aliphatic carbocycles. The quantitative estimate of drug-likeness (QED) is 0.372. The first-order chi connectivity index (χ1) is 15.2. The molecule has 4 nitrogen and oxygen atoms in total. The number of methoxy groups -OCH3 is 1. The molecule has 0 saturated heterocycles. The predicted molar refractivity (Wildman–Crippen MR) is 136 cm³/mol. The van der Waals surface area contributed by atoms with E-state index in [0.717, 1.165) is 11.1 Å². The van der Waals surface area contributed by atoms with Crippen molar-refractivity contribution in [1.82, 2.24) is 0 Å². The van der Waals surface area contributed by atoms with Gasteiger partial charge in [0.1, 0.15) is 0 Å². The molecule has 2 aromatic rings. The molecule has 0 spiro atoms. The van der Waals surface area contributed by atoms with Gasteiger partial charge < -0.3 is 0 Å². The van der Waals surface area contributed by atoms with Crippen molar-refractivity contribution in [3.8, 4) is 0 Å². The van der Waals surface area contributed by atoms with Crippen molar-refractivity contribution in [2.45, 2.75) is 11.5 Å². The fourth-order valence-electron chi connectivity index (χ4n) is 4.66. The van der Waals surface area contributed by atoms with Crippen molar-refractivity contribution in [3.63, 3.8) is 0 Å².